The molecule has 1 atom stereocenters. The molecule has 1 heterocycles. The molecule has 16 heavy (non-hydrogen) atoms. The molecule has 3 nitrogen and oxygen atoms in total. The van der Waals surface area contributed by atoms with E-state index in [4.69, 9.17) is 4.74 Å². The smallest absolute Gasteiger partial charge is 0.0604 e. The summed E-state index contributed by atoms with van der Waals surface area (Å²) in [5.41, 5.74) is 0. The summed E-state index contributed by atoms with van der Waals surface area (Å²) in [5, 5.41) is 3.59. The van der Waals surface area contributed by atoms with Gasteiger partial charge < -0.3 is 10.1 Å². The van der Waals surface area contributed by atoms with Crippen LogP contribution in [0, 0.1) is 0 Å². The summed E-state index contributed by atoms with van der Waals surface area (Å²) < 4.78 is 5.63. The van der Waals surface area contributed by atoms with E-state index < -0.39 is 0 Å². The maximum absolute atomic E-state index is 5.63. The minimum atomic E-state index is 0.542. The Labute approximate surface area is 99.5 Å². The normalized spacial score (nSPS) is 34.3. The molecule has 0 aromatic carbocycles. The van der Waals surface area contributed by atoms with E-state index in [0.29, 0.717) is 6.10 Å². The van der Waals surface area contributed by atoms with E-state index in [1.54, 1.807) is 0 Å². The van der Waals surface area contributed by atoms with Gasteiger partial charge in [-0.25, -0.2) is 0 Å². The molecule has 94 valence electrons. The Bertz CT molecular complexity index is 198. The fourth-order valence-corrected chi connectivity index (χ4v) is 2.94. The van der Waals surface area contributed by atoms with Crippen LogP contribution in [0.1, 0.15) is 39.5 Å². The van der Waals surface area contributed by atoms with Gasteiger partial charge in [0, 0.05) is 25.2 Å². The third-order valence-corrected chi connectivity index (χ3v) is 4.01. The molecule has 0 aromatic rings. The molecule has 2 aliphatic rings. The van der Waals surface area contributed by atoms with Crippen molar-refractivity contribution in [2.75, 3.05) is 26.2 Å². The largest absolute Gasteiger partial charge is 0.378 e. The molecule has 1 aliphatic heterocycles. The highest BCUT2D eigenvalue weighted by Gasteiger charge is 2.34. The first kappa shape index (κ1) is 12.3. The molecule has 0 spiro atoms. The highest BCUT2D eigenvalue weighted by atomic mass is 16.5. The summed E-state index contributed by atoms with van der Waals surface area (Å²) in [7, 11) is 0. The summed E-state index contributed by atoms with van der Waals surface area (Å²) in [5.74, 6) is 0. The van der Waals surface area contributed by atoms with Gasteiger partial charge in [0.2, 0.25) is 0 Å². The van der Waals surface area contributed by atoms with Gasteiger partial charge in [0.25, 0.3) is 0 Å². The van der Waals surface area contributed by atoms with Crippen molar-refractivity contribution in [3.8, 4) is 0 Å². The first-order valence-electron chi connectivity index (χ1n) is 6.92. The summed E-state index contributed by atoms with van der Waals surface area (Å²) in [6.45, 7) is 8.88. The van der Waals surface area contributed by atoms with Crippen LogP contribution in [0.5, 0.6) is 0 Å². The van der Waals surface area contributed by atoms with Gasteiger partial charge in [-0.15, -0.1) is 0 Å². The molecule has 0 bridgehead atoms. The molecule has 1 saturated carbocycles. The molecular formula is C13H26N2O. The molecule has 1 saturated heterocycles. The Morgan fingerprint density at radius 2 is 2.12 bits per heavy atom. The van der Waals surface area contributed by atoms with Crippen LogP contribution in [0.4, 0.5) is 0 Å². The fourth-order valence-electron chi connectivity index (χ4n) is 2.94. The molecule has 3 heteroatoms. The highest BCUT2D eigenvalue weighted by Crippen LogP contribution is 2.28. The maximum Gasteiger partial charge on any atom is 0.0604 e. The fraction of sp³-hybridized carbons (Fsp3) is 1.00. The van der Waals surface area contributed by atoms with Crippen LogP contribution >= 0.6 is 0 Å². The van der Waals surface area contributed by atoms with Crippen LogP contribution in [0.2, 0.25) is 0 Å². The van der Waals surface area contributed by atoms with E-state index in [0.717, 1.165) is 18.7 Å². The highest BCUT2D eigenvalue weighted by molar-refractivity contribution is 4.90. The lowest BCUT2D eigenvalue weighted by molar-refractivity contribution is -0.0466. The van der Waals surface area contributed by atoms with Gasteiger partial charge in [0.1, 0.15) is 0 Å². The second-order valence-corrected chi connectivity index (χ2v) is 5.08. The summed E-state index contributed by atoms with van der Waals surface area (Å²) in [6, 6.07) is 1.52. The Balaban J connectivity index is 1.69. The van der Waals surface area contributed by atoms with Crippen molar-refractivity contribution in [2.24, 2.45) is 0 Å². The van der Waals surface area contributed by atoms with Gasteiger partial charge >= 0.3 is 0 Å². The zero-order valence-corrected chi connectivity index (χ0v) is 10.7. The van der Waals surface area contributed by atoms with E-state index in [9.17, 15) is 0 Å². The Morgan fingerprint density at radius 1 is 1.31 bits per heavy atom. The monoisotopic (exact) mass is 226 g/mol. The third-order valence-electron chi connectivity index (χ3n) is 4.01. The van der Waals surface area contributed by atoms with Crippen LogP contribution in [-0.2, 0) is 4.74 Å². The van der Waals surface area contributed by atoms with Crippen molar-refractivity contribution in [3.05, 3.63) is 0 Å². The van der Waals surface area contributed by atoms with Crippen molar-refractivity contribution in [1.29, 1.82) is 0 Å². The van der Waals surface area contributed by atoms with Crippen LogP contribution in [-0.4, -0.2) is 49.3 Å². The second-order valence-electron chi connectivity index (χ2n) is 5.08. The first-order valence-corrected chi connectivity index (χ1v) is 6.92. The van der Waals surface area contributed by atoms with E-state index in [1.165, 1.54) is 45.3 Å². The summed E-state index contributed by atoms with van der Waals surface area (Å²) in [6.07, 6.45) is 5.75. The van der Waals surface area contributed by atoms with Gasteiger partial charge in [-0.2, -0.15) is 0 Å². The number of hydrogen-bond acceptors (Lipinski definition) is 3. The number of ether oxygens (including phenoxy) is 1. The minimum Gasteiger partial charge on any atom is -0.378 e. The third kappa shape index (κ3) is 2.96. The lowest BCUT2D eigenvalue weighted by Crippen LogP contribution is -2.51. The molecule has 0 amide bonds. The van der Waals surface area contributed by atoms with E-state index in [1.807, 2.05) is 0 Å². The van der Waals surface area contributed by atoms with Gasteiger partial charge in [-0.1, -0.05) is 6.92 Å². The van der Waals surface area contributed by atoms with Crippen LogP contribution < -0.4 is 5.32 Å². The van der Waals surface area contributed by atoms with Gasteiger partial charge in [0.15, 0.2) is 0 Å². The van der Waals surface area contributed by atoms with Gasteiger partial charge in [0.05, 0.1) is 6.10 Å². The quantitative estimate of drug-likeness (QED) is 0.745. The molecule has 0 aromatic heterocycles. The van der Waals surface area contributed by atoms with Crippen LogP contribution in [0.15, 0.2) is 0 Å². The van der Waals surface area contributed by atoms with Crippen LogP contribution in [0.3, 0.4) is 0 Å². The Kier molecular flexibility index (Phi) is 4.62. The van der Waals surface area contributed by atoms with E-state index in [-0.39, 0.29) is 0 Å². The molecule has 0 radical (unpaired) electrons. The zero-order valence-electron chi connectivity index (χ0n) is 10.7. The molecule has 2 fully saturated rings. The Morgan fingerprint density at radius 3 is 2.69 bits per heavy atom. The maximum atomic E-state index is 5.63. The summed E-state index contributed by atoms with van der Waals surface area (Å²) >= 11 is 0. The number of likely N-dealkylation sites (N-methyl/N-ethyl adjacent to an activating group) is 1. The first-order chi connectivity index (χ1) is 7.83. The van der Waals surface area contributed by atoms with Crippen molar-refractivity contribution < 1.29 is 4.74 Å². The average molecular weight is 226 g/mol. The predicted molar refractivity (Wildman–Crippen MR) is 66.7 cm³/mol. The topological polar surface area (TPSA) is 24.5 Å². The summed E-state index contributed by atoms with van der Waals surface area (Å²) in [4.78, 5) is 2.64. The lowest BCUT2D eigenvalue weighted by Gasteiger charge is -2.43. The van der Waals surface area contributed by atoms with Gasteiger partial charge in [-0.3, -0.25) is 4.90 Å². The standard InChI is InChI=1S/C13H26N2O/c1-3-15(10-11-6-5-7-14-11)12-8-13(9-12)16-4-2/h11-14H,3-10H2,1-2H3. The molecule has 1 aliphatic carbocycles. The number of nitrogens with one attached hydrogen (secondary N) is 1. The average Bonchev–Trinajstić information content (AvgIpc) is 2.73. The number of hydrogen-bond donors (Lipinski definition) is 1. The van der Waals surface area contributed by atoms with Crippen molar-refractivity contribution in [2.45, 2.75) is 57.7 Å². The molecule has 1 unspecified atom stereocenters. The number of nitrogens with zero attached hydrogens (tertiary/aromatic N) is 1. The van der Waals surface area contributed by atoms with Crippen molar-refractivity contribution in [1.82, 2.24) is 10.2 Å². The molecule has 2 rings (SSSR count). The second kappa shape index (κ2) is 5.99. The van der Waals surface area contributed by atoms with Crippen molar-refractivity contribution >= 4 is 0 Å². The minimum absolute atomic E-state index is 0.542. The van der Waals surface area contributed by atoms with Crippen LogP contribution in [0.25, 0.3) is 0 Å². The molecular weight excluding hydrogens is 200 g/mol. The Hall–Kier alpha value is -0.120. The van der Waals surface area contributed by atoms with Gasteiger partial charge in [-0.05, 0) is 45.7 Å². The molecule has 1 N–H and O–H groups in total. The predicted octanol–water partition coefficient (Wildman–Crippen LogP) is 1.63. The lowest BCUT2D eigenvalue weighted by atomic mass is 9.87. The number of rotatable bonds is 6. The van der Waals surface area contributed by atoms with E-state index >= 15 is 0 Å². The van der Waals surface area contributed by atoms with Crippen molar-refractivity contribution in [3.63, 3.8) is 0 Å². The van der Waals surface area contributed by atoms with E-state index in [2.05, 4.69) is 24.1 Å². The SMILES string of the molecule is CCOC1CC(N(CC)CC2CCCN2)C1. The zero-order chi connectivity index (χ0) is 11.4.